The molecule has 2 rings (SSSR count). The first-order valence-electron chi connectivity index (χ1n) is 5.68. The lowest BCUT2D eigenvalue weighted by molar-refractivity contribution is -0.139. The molecule has 98 valence electrons. The molecule has 2 heterocycles. The minimum atomic E-state index is -0.849. The summed E-state index contributed by atoms with van der Waals surface area (Å²) in [5.41, 5.74) is 0. The van der Waals surface area contributed by atoms with Crippen LogP contribution in [0.4, 0.5) is 5.82 Å². The van der Waals surface area contributed by atoms with Gasteiger partial charge >= 0.3 is 5.97 Å². The van der Waals surface area contributed by atoms with Crippen molar-refractivity contribution in [2.45, 2.75) is 18.6 Å². The average Bonchev–Trinajstić information content (AvgIpc) is 2.78. The number of aliphatic carboxylic acids is 1. The van der Waals surface area contributed by atoms with E-state index in [4.69, 9.17) is 9.84 Å². The molecule has 1 aromatic rings. The highest BCUT2D eigenvalue weighted by atomic mass is 16.5. The number of nitrogens with zero attached hydrogens (tertiary/aromatic N) is 3. The Morgan fingerprint density at radius 3 is 2.94 bits per heavy atom. The van der Waals surface area contributed by atoms with Crippen molar-refractivity contribution in [1.29, 1.82) is 0 Å². The van der Waals surface area contributed by atoms with Gasteiger partial charge in [0.15, 0.2) is 0 Å². The molecule has 1 saturated heterocycles. The number of carbonyl (C=O) groups is 1. The Morgan fingerprint density at radius 1 is 1.56 bits per heavy atom. The highest BCUT2D eigenvalue weighted by Gasteiger charge is 2.30. The molecule has 0 amide bonds. The summed E-state index contributed by atoms with van der Waals surface area (Å²) in [6.07, 6.45) is 1.70. The zero-order valence-electron chi connectivity index (χ0n) is 10.3. The van der Waals surface area contributed by atoms with E-state index in [1.807, 2.05) is 19.0 Å². The van der Waals surface area contributed by atoms with Crippen molar-refractivity contribution in [2.75, 3.05) is 25.5 Å². The average molecular weight is 252 g/mol. The van der Waals surface area contributed by atoms with Gasteiger partial charge < -0.3 is 20.1 Å². The zero-order chi connectivity index (χ0) is 13.1. The quantitative estimate of drug-likeness (QED) is 0.763. The van der Waals surface area contributed by atoms with Gasteiger partial charge in [-0.25, -0.2) is 9.97 Å². The molecule has 18 heavy (non-hydrogen) atoms. The van der Waals surface area contributed by atoms with Crippen LogP contribution in [-0.2, 0) is 4.79 Å². The van der Waals surface area contributed by atoms with Gasteiger partial charge in [-0.1, -0.05) is 0 Å². The van der Waals surface area contributed by atoms with Crippen LogP contribution in [0.25, 0.3) is 0 Å². The predicted molar refractivity (Wildman–Crippen MR) is 64.8 cm³/mol. The molecule has 2 atom stereocenters. The predicted octanol–water partition coefficient (Wildman–Crippen LogP) is -0.263. The Hall–Kier alpha value is -1.89. The fourth-order valence-electron chi connectivity index (χ4n) is 1.79. The second-order valence-electron chi connectivity index (χ2n) is 4.38. The summed E-state index contributed by atoms with van der Waals surface area (Å²) in [4.78, 5) is 20.7. The van der Waals surface area contributed by atoms with Gasteiger partial charge in [0.1, 0.15) is 24.3 Å². The molecule has 2 N–H and O–H groups in total. The van der Waals surface area contributed by atoms with E-state index in [1.165, 1.54) is 6.33 Å². The van der Waals surface area contributed by atoms with E-state index in [0.29, 0.717) is 18.8 Å². The number of hydrogen-bond acceptors (Lipinski definition) is 6. The monoisotopic (exact) mass is 252 g/mol. The minimum absolute atomic E-state index is 0.170. The SMILES string of the molecule is CN(C)c1cc(OC2CNC(C(=O)O)C2)ncn1. The van der Waals surface area contributed by atoms with Crippen LogP contribution in [0.1, 0.15) is 6.42 Å². The van der Waals surface area contributed by atoms with E-state index in [1.54, 1.807) is 6.07 Å². The number of hydrogen-bond donors (Lipinski definition) is 2. The minimum Gasteiger partial charge on any atom is -0.480 e. The molecule has 1 aliphatic rings. The Morgan fingerprint density at radius 2 is 2.33 bits per heavy atom. The summed E-state index contributed by atoms with van der Waals surface area (Å²) in [7, 11) is 3.76. The first kappa shape index (κ1) is 12.6. The van der Waals surface area contributed by atoms with Gasteiger partial charge in [0, 0.05) is 33.1 Å². The fraction of sp³-hybridized carbons (Fsp3) is 0.545. The van der Waals surface area contributed by atoms with Crippen LogP contribution in [0.5, 0.6) is 5.88 Å². The third-order valence-electron chi connectivity index (χ3n) is 2.76. The lowest BCUT2D eigenvalue weighted by atomic mass is 10.2. The van der Waals surface area contributed by atoms with Crippen molar-refractivity contribution in [3.05, 3.63) is 12.4 Å². The summed E-state index contributed by atoms with van der Waals surface area (Å²) in [6.45, 7) is 0.512. The van der Waals surface area contributed by atoms with Crippen LogP contribution < -0.4 is 15.0 Å². The van der Waals surface area contributed by atoms with Crippen molar-refractivity contribution in [2.24, 2.45) is 0 Å². The van der Waals surface area contributed by atoms with Gasteiger partial charge in [-0.3, -0.25) is 4.79 Å². The standard InChI is InChI=1S/C11H16N4O3/c1-15(2)9-4-10(14-6-13-9)18-7-3-8(11(16)17)12-5-7/h4,6-8,12H,3,5H2,1-2H3,(H,16,17). The Kier molecular flexibility index (Phi) is 3.61. The smallest absolute Gasteiger partial charge is 0.320 e. The second-order valence-corrected chi connectivity index (χ2v) is 4.38. The number of rotatable bonds is 4. The summed E-state index contributed by atoms with van der Waals surface area (Å²) in [5.74, 6) is 0.366. The third-order valence-corrected chi connectivity index (χ3v) is 2.76. The molecule has 1 aromatic heterocycles. The van der Waals surface area contributed by atoms with Crippen LogP contribution in [0, 0.1) is 0 Å². The van der Waals surface area contributed by atoms with Crippen molar-refractivity contribution >= 4 is 11.8 Å². The molecule has 0 spiro atoms. The molecule has 0 aromatic carbocycles. The molecule has 1 fully saturated rings. The van der Waals surface area contributed by atoms with E-state index in [-0.39, 0.29) is 6.10 Å². The maximum Gasteiger partial charge on any atom is 0.320 e. The van der Waals surface area contributed by atoms with Gasteiger partial charge in [-0.2, -0.15) is 0 Å². The largest absolute Gasteiger partial charge is 0.480 e. The number of ether oxygens (including phenoxy) is 1. The topological polar surface area (TPSA) is 87.6 Å². The van der Waals surface area contributed by atoms with E-state index >= 15 is 0 Å². The van der Waals surface area contributed by atoms with Gasteiger partial charge in [0.05, 0.1) is 0 Å². The fourth-order valence-corrected chi connectivity index (χ4v) is 1.79. The number of nitrogens with one attached hydrogen (secondary N) is 1. The van der Waals surface area contributed by atoms with E-state index in [0.717, 1.165) is 5.82 Å². The third kappa shape index (κ3) is 2.86. The molecule has 7 heteroatoms. The number of anilines is 1. The van der Waals surface area contributed by atoms with Gasteiger partial charge in [0.2, 0.25) is 5.88 Å². The zero-order valence-corrected chi connectivity index (χ0v) is 10.3. The van der Waals surface area contributed by atoms with Gasteiger partial charge in [-0.15, -0.1) is 0 Å². The highest BCUT2D eigenvalue weighted by Crippen LogP contribution is 2.18. The molecular weight excluding hydrogens is 236 g/mol. The number of aromatic nitrogens is 2. The van der Waals surface area contributed by atoms with Gasteiger partial charge in [-0.05, 0) is 0 Å². The molecule has 0 radical (unpaired) electrons. The number of carboxylic acids is 1. The van der Waals surface area contributed by atoms with E-state index in [2.05, 4.69) is 15.3 Å². The van der Waals surface area contributed by atoms with Crippen LogP contribution in [0.2, 0.25) is 0 Å². The number of carboxylic acid groups (broad SMARTS) is 1. The molecule has 2 unspecified atom stereocenters. The second kappa shape index (κ2) is 5.18. The Bertz CT molecular complexity index is 438. The van der Waals surface area contributed by atoms with Crippen molar-refractivity contribution in [1.82, 2.24) is 15.3 Å². The van der Waals surface area contributed by atoms with Crippen molar-refractivity contribution in [3.8, 4) is 5.88 Å². The first-order chi connectivity index (χ1) is 8.56. The first-order valence-corrected chi connectivity index (χ1v) is 5.68. The summed E-state index contributed by atoms with van der Waals surface area (Å²) in [6, 6.07) is 1.19. The molecule has 0 bridgehead atoms. The summed E-state index contributed by atoms with van der Waals surface area (Å²) >= 11 is 0. The molecule has 7 nitrogen and oxygen atoms in total. The van der Waals surface area contributed by atoms with Crippen LogP contribution >= 0.6 is 0 Å². The van der Waals surface area contributed by atoms with Gasteiger partial charge in [0.25, 0.3) is 0 Å². The molecule has 0 aliphatic carbocycles. The summed E-state index contributed by atoms with van der Waals surface area (Å²) in [5, 5.41) is 11.7. The molecular formula is C11H16N4O3. The van der Waals surface area contributed by atoms with Crippen LogP contribution in [0.3, 0.4) is 0 Å². The summed E-state index contributed by atoms with van der Waals surface area (Å²) < 4.78 is 5.64. The molecule has 1 aliphatic heterocycles. The normalized spacial score (nSPS) is 22.8. The highest BCUT2D eigenvalue weighted by molar-refractivity contribution is 5.73. The lowest BCUT2D eigenvalue weighted by Gasteiger charge is -2.14. The van der Waals surface area contributed by atoms with E-state index in [9.17, 15) is 4.79 Å². The maximum absolute atomic E-state index is 10.8. The lowest BCUT2D eigenvalue weighted by Crippen LogP contribution is -2.30. The maximum atomic E-state index is 10.8. The van der Waals surface area contributed by atoms with E-state index < -0.39 is 12.0 Å². The van der Waals surface area contributed by atoms with Crippen molar-refractivity contribution in [3.63, 3.8) is 0 Å². The van der Waals surface area contributed by atoms with Crippen LogP contribution in [0.15, 0.2) is 12.4 Å². The van der Waals surface area contributed by atoms with Crippen LogP contribution in [-0.4, -0.2) is 53.8 Å². The Labute approximate surface area is 105 Å². The van der Waals surface area contributed by atoms with Crippen molar-refractivity contribution < 1.29 is 14.6 Å². The molecule has 0 saturated carbocycles. The Balaban J connectivity index is 1.98.